The van der Waals surface area contributed by atoms with Gasteiger partial charge in [-0.05, 0) is 60.7 Å². The van der Waals surface area contributed by atoms with Crippen LogP contribution in [0.2, 0.25) is 0 Å². The molecule has 3 aromatic rings. The Kier molecular flexibility index (Phi) is 6.79. The van der Waals surface area contributed by atoms with Gasteiger partial charge in [0, 0.05) is 16.6 Å². The van der Waals surface area contributed by atoms with Crippen molar-refractivity contribution in [2.45, 2.75) is 24.5 Å². The highest BCUT2D eigenvalue weighted by molar-refractivity contribution is 8.16. The minimum atomic E-state index is -0.138. The molecule has 4 nitrogen and oxygen atoms in total. The standard InChI is InChI=1S/C22H22N2O2S3/c1-15-23-19(14-29-15)13-26-20-8-3-5-16(12-20)21(25)24-18-7-2-6-17(11-18)22-27-9-4-10-28-22/h2-3,5-8,11-12,14,22H,4,9-10,13H2,1H3,(H,24,25). The van der Waals surface area contributed by atoms with Crippen LogP contribution < -0.4 is 10.1 Å². The topological polar surface area (TPSA) is 51.2 Å². The fourth-order valence-electron chi connectivity index (χ4n) is 3.01. The van der Waals surface area contributed by atoms with Gasteiger partial charge in [-0.1, -0.05) is 18.2 Å². The maximum atomic E-state index is 12.7. The van der Waals surface area contributed by atoms with Crippen molar-refractivity contribution in [1.29, 1.82) is 0 Å². The van der Waals surface area contributed by atoms with E-state index in [1.54, 1.807) is 23.5 Å². The van der Waals surface area contributed by atoms with Crippen molar-refractivity contribution in [3.05, 3.63) is 75.7 Å². The summed E-state index contributed by atoms with van der Waals surface area (Å²) in [5.41, 5.74) is 3.55. The van der Waals surface area contributed by atoms with Crippen molar-refractivity contribution in [2.75, 3.05) is 16.8 Å². The van der Waals surface area contributed by atoms with Crippen LogP contribution in [0.1, 0.15) is 37.6 Å². The summed E-state index contributed by atoms with van der Waals surface area (Å²) < 4.78 is 6.25. The zero-order valence-electron chi connectivity index (χ0n) is 16.1. The van der Waals surface area contributed by atoms with Crippen LogP contribution in [0.3, 0.4) is 0 Å². The first-order valence-corrected chi connectivity index (χ1v) is 12.4. The Balaban J connectivity index is 1.40. The van der Waals surface area contributed by atoms with Crippen molar-refractivity contribution in [1.82, 2.24) is 4.98 Å². The van der Waals surface area contributed by atoms with E-state index in [1.165, 1.54) is 23.5 Å². The summed E-state index contributed by atoms with van der Waals surface area (Å²) >= 11 is 5.56. The first-order valence-electron chi connectivity index (χ1n) is 9.46. The molecule has 0 saturated carbocycles. The molecule has 7 heteroatoms. The average molecular weight is 443 g/mol. The van der Waals surface area contributed by atoms with E-state index in [0.29, 0.717) is 22.5 Å². The number of carbonyl (C=O) groups excluding carboxylic acids is 1. The van der Waals surface area contributed by atoms with Gasteiger partial charge in [0.1, 0.15) is 12.4 Å². The maximum Gasteiger partial charge on any atom is 0.255 e. The monoisotopic (exact) mass is 442 g/mol. The molecule has 150 valence electrons. The molecular weight excluding hydrogens is 420 g/mol. The predicted octanol–water partition coefficient (Wildman–Crippen LogP) is 6.15. The predicted molar refractivity (Wildman–Crippen MR) is 124 cm³/mol. The van der Waals surface area contributed by atoms with E-state index in [9.17, 15) is 4.79 Å². The van der Waals surface area contributed by atoms with E-state index in [2.05, 4.69) is 22.4 Å². The zero-order valence-corrected chi connectivity index (χ0v) is 18.5. The van der Waals surface area contributed by atoms with Crippen LogP contribution in [0.4, 0.5) is 5.69 Å². The van der Waals surface area contributed by atoms with Crippen molar-refractivity contribution < 1.29 is 9.53 Å². The largest absolute Gasteiger partial charge is 0.487 e. The highest BCUT2D eigenvalue weighted by Gasteiger charge is 2.17. The number of hydrogen-bond acceptors (Lipinski definition) is 6. The van der Waals surface area contributed by atoms with Crippen LogP contribution in [0, 0.1) is 6.92 Å². The third-order valence-corrected chi connectivity index (χ3v) is 8.23. The Labute approximate surface area is 183 Å². The van der Waals surface area contributed by atoms with Crippen molar-refractivity contribution in [3.63, 3.8) is 0 Å². The summed E-state index contributed by atoms with van der Waals surface area (Å²) in [5, 5.41) is 6.02. The number of aromatic nitrogens is 1. The molecule has 0 atom stereocenters. The van der Waals surface area contributed by atoms with E-state index in [-0.39, 0.29) is 5.91 Å². The number of thioether (sulfide) groups is 2. The highest BCUT2D eigenvalue weighted by atomic mass is 32.2. The van der Waals surface area contributed by atoms with Gasteiger partial charge in [0.2, 0.25) is 0 Å². The summed E-state index contributed by atoms with van der Waals surface area (Å²) in [4.78, 5) is 17.1. The van der Waals surface area contributed by atoms with Gasteiger partial charge in [0.15, 0.2) is 0 Å². The fraction of sp³-hybridized carbons (Fsp3) is 0.273. The molecule has 1 aliphatic rings. The van der Waals surface area contributed by atoms with Gasteiger partial charge in [-0.15, -0.1) is 34.9 Å². The Morgan fingerprint density at radius 3 is 2.79 bits per heavy atom. The molecular formula is C22H22N2O2S3. The van der Waals surface area contributed by atoms with Crippen LogP contribution in [0.15, 0.2) is 53.9 Å². The van der Waals surface area contributed by atoms with Gasteiger partial charge < -0.3 is 10.1 Å². The van der Waals surface area contributed by atoms with Crippen LogP contribution in [-0.2, 0) is 6.61 Å². The molecule has 29 heavy (non-hydrogen) atoms. The van der Waals surface area contributed by atoms with E-state index < -0.39 is 0 Å². The summed E-state index contributed by atoms with van der Waals surface area (Å²) in [6.07, 6.45) is 1.27. The Bertz CT molecular complexity index is 983. The van der Waals surface area contributed by atoms with Crippen LogP contribution in [0.25, 0.3) is 0 Å². The number of benzene rings is 2. The fourth-order valence-corrected chi connectivity index (χ4v) is 6.48. The average Bonchev–Trinajstić information content (AvgIpc) is 3.18. The van der Waals surface area contributed by atoms with Crippen LogP contribution in [-0.4, -0.2) is 22.4 Å². The number of thiazole rings is 1. The molecule has 0 spiro atoms. The van der Waals surface area contributed by atoms with Gasteiger partial charge in [-0.2, -0.15) is 0 Å². The molecule has 1 N–H and O–H groups in total. The summed E-state index contributed by atoms with van der Waals surface area (Å²) in [6, 6.07) is 15.4. The number of hydrogen-bond donors (Lipinski definition) is 1. The quantitative estimate of drug-likeness (QED) is 0.496. The van der Waals surface area contributed by atoms with E-state index in [4.69, 9.17) is 4.74 Å². The molecule has 0 aliphatic carbocycles. The second-order valence-electron chi connectivity index (χ2n) is 6.68. The third kappa shape index (κ3) is 5.56. The smallest absolute Gasteiger partial charge is 0.255 e. The number of anilines is 1. The second-order valence-corrected chi connectivity index (χ2v) is 10.5. The molecule has 2 aromatic carbocycles. The molecule has 1 saturated heterocycles. The molecule has 0 bridgehead atoms. The van der Waals surface area contributed by atoms with Crippen molar-refractivity contribution in [3.8, 4) is 5.75 Å². The van der Waals surface area contributed by atoms with Gasteiger partial charge in [0.25, 0.3) is 5.91 Å². The van der Waals surface area contributed by atoms with E-state index in [1.807, 2.05) is 60.1 Å². The Morgan fingerprint density at radius 1 is 1.17 bits per heavy atom. The zero-order chi connectivity index (χ0) is 20.1. The molecule has 4 rings (SSSR count). The highest BCUT2D eigenvalue weighted by Crippen LogP contribution is 2.44. The molecule has 1 amide bonds. The minimum absolute atomic E-state index is 0.138. The number of aryl methyl sites for hydroxylation is 1. The summed E-state index contributed by atoms with van der Waals surface area (Å²) in [5.74, 6) is 2.91. The Hall–Kier alpha value is -1.96. The van der Waals surface area contributed by atoms with E-state index >= 15 is 0 Å². The number of ether oxygens (including phenoxy) is 1. The van der Waals surface area contributed by atoms with Gasteiger partial charge in [-0.3, -0.25) is 4.79 Å². The van der Waals surface area contributed by atoms with Crippen molar-refractivity contribution in [2.24, 2.45) is 0 Å². The first-order chi connectivity index (χ1) is 14.2. The third-order valence-electron chi connectivity index (χ3n) is 4.39. The number of carbonyl (C=O) groups is 1. The second kappa shape index (κ2) is 9.69. The lowest BCUT2D eigenvalue weighted by Crippen LogP contribution is -2.12. The molecule has 1 aromatic heterocycles. The van der Waals surface area contributed by atoms with Crippen LogP contribution in [0.5, 0.6) is 5.75 Å². The Morgan fingerprint density at radius 2 is 2.00 bits per heavy atom. The lowest BCUT2D eigenvalue weighted by atomic mass is 10.1. The molecule has 1 fully saturated rings. The summed E-state index contributed by atoms with van der Waals surface area (Å²) in [7, 11) is 0. The normalized spacial score (nSPS) is 14.5. The number of amides is 1. The first kappa shape index (κ1) is 20.3. The molecule has 0 radical (unpaired) electrons. The van der Waals surface area contributed by atoms with Crippen molar-refractivity contribution >= 4 is 46.5 Å². The van der Waals surface area contributed by atoms with Gasteiger partial charge in [-0.25, -0.2) is 4.98 Å². The molecule has 1 aliphatic heterocycles. The van der Waals surface area contributed by atoms with Gasteiger partial charge in [0.05, 0.1) is 15.3 Å². The van der Waals surface area contributed by atoms with Crippen LogP contribution >= 0.6 is 34.9 Å². The number of nitrogens with zero attached hydrogens (tertiary/aromatic N) is 1. The molecule has 0 unspecified atom stereocenters. The van der Waals surface area contributed by atoms with Gasteiger partial charge >= 0.3 is 0 Å². The van der Waals surface area contributed by atoms with E-state index in [0.717, 1.165) is 16.4 Å². The lowest BCUT2D eigenvalue weighted by Gasteiger charge is -2.21. The SMILES string of the molecule is Cc1nc(COc2cccc(C(=O)Nc3cccc(C4SCCCS4)c3)c2)cs1. The number of nitrogens with one attached hydrogen (secondary N) is 1. The molecule has 2 heterocycles. The summed E-state index contributed by atoms with van der Waals surface area (Å²) in [6.45, 7) is 2.37. The maximum absolute atomic E-state index is 12.7. The minimum Gasteiger partial charge on any atom is -0.487 e. The lowest BCUT2D eigenvalue weighted by molar-refractivity contribution is 0.102. The number of rotatable bonds is 6.